The predicted octanol–water partition coefficient (Wildman–Crippen LogP) is 2.89. The molecule has 7 heteroatoms. The zero-order valence-electron chi connectivity index (χ0n) is 15.2. The summed E-state index contributed by atoms with van der Waals surface area (Å²) in [7, 11) is 2.09. The Bertz CT molecular complexity index is 760. The minimum absolute atomic E-state index is 0. The van der Waals surface area contributed by atoms with Crippen LogP contribution in [0.1, 0.15) is 28.7 Å². The Morgan fingerprint density at radius 1 is 1.15 bits per heavy atom. The van der Waals surface area contributed by atoms with Crippen LogP contribution >= 0.6 is 24.8 Å². The molecule has 2 aromatic carbocycles. The predicted molar refractivity (Wildman–Crippen MR) is 110 cm³/mol. The number of halogens is 2. The summed E-state index contributed by atoms with van der Waals surface area (Å²) in [5.74, 6) is 1.56. The molecule has 2 heterocycles. The van der Waals surface area contributed by atoms with Crippen LogP contribution in [0.4, 0.5) is 0 Å². The maximum atomic E-state index is 10.0. The highest BCUT2D eigenvalue weighted by Gasteiger charge is 2.37. The number of nitrogens with zero attached hydrogens (tertiary/aromatic N) is 1. The number of hydrogen-bond acceptors (Lipinski definition) is 5. The van der Waals surface area contributed by atoms with Crippen LogP contribution in [-0.4, -0.2) is 43.0 Å². The van der Waals surface area contributed by atoms with Crippen LogP contribution in [0.15, 0.2) is 42.5 Å². The third-order valence-corrected chi connectivity index (χ3v) is 5.44. The molecule has 0 bridgehead atoms. The number of ether oxygens (including phenoxy) is 2. The SMILES string of the molecule is CN1CCc2c(ccc3c2OCO3)C1[C@@H](N)C(CO)c1ccccc1.Cl.Cl. The normalized spacial score (nSPS) is 20.0. The van der Waals surface area contributed by atoms with E-state index in [4.69, 9.17) is 15.2 Å². The molecule has 5 nitrogen and oxygen atoms in total. The van der Waals surface area contributed by atoms with Crippen molar-refractivity contribution in [1.29, 1.82) is 0 Å². The fraction of sp³-hybridized carbons (Fsp3) is 0.400. The van der Waals surface area contributed by atoms with E-state index in [1.807, 2.05) is 36.4 Å². The van der Waals surface area contributed by atoms with Gasteiger partial charge < -0.3 is 20.3 Å². The number of benzene rings is 2. The van der Waals surface area contributed by atoms with E-state index in [1.165, 1.54) is 11.1 Å². The highest BCUT2D eigenvalue weighted by molar-refractivity contribution is 5.85. The molecule has 0 saturated carbocycles. The van der Waals surface area contributed by atoms with Gasteiger partial charge in [-0.2, -0.15) is 0 Å². The number of likely N-dealkylation sites (N-methyl/N-ethyl adjacent to an activating group) is 1. The first-order valence-electron chi connectivity index (χ1n) is 8.73. The molecule has 2 aromatic rings. The van der Waals surface area contributed by atoms with Crippen molar-refractivity contribution in [3.63, 3.8) is 0 Å². The number of aliphatic hydroxyl groups is 1. The van der Waals surface area contributed by atoms with Crippen molar-refractivity contribution in [2.75, 3.05) is 27.0 Å². The van der Waals surface area contributed by atoms with E-state index >= 15 is 0 Å². The summed E-state index contributed by atoms with van der Waals surface area (Å²) in [6.45, 7) is 1.20. The van der Waals surface area contributed by atoms with E-state index in [0.29, 0.717) is 0 Å². The van der Waals surface area contributed by atoms with Crippen LogP contribution in [0.5, 0.6) is 11.5 Å². The van der Waals surface area contributed by atoms with E-state index < -0.39 is 0 Å². The largest absolute Gasteiger partial charge is 0.454 e. The molecule has 3 N–H and O–H groups in total. The molecule has 4 rings (SSSR count). The van der Waals surface area contributed by atoms with Gasteiger partial charge in [0.05, 0.1) is 12.6 Å². The van der Waals surface area contributed by atoms with Crippen LogP contribution in [0.3, 0.4) is 0 Å². The summed E-state index contributed by atoms with van der Waals surface area (Å²) in [6, 6.07) is 13.9. The van der Waals surface area contributed by atoms with Crippen molar-refractivity contribution in [2.24, 2.45) is 5.73 Å². The van der Waals surface area contributed by atoms with Gasteiger partial charge in [0.1, 0.15) is 0 Å². The first-order valence-corrected chi connectivity index (χ1v) is 8.73. The Labute approximate surface area is 172 Å². The van der Waals surface area contributed by atoms with Gasteiger partial charge in [-0.3, -0.25) is 4.90 Å². The number of fused-ring (bicyclic) bond motifs is 3. The molecular formula is C20H26Cl2N2O3. The molecule has 3 atom stereocenters. The lowest BCUT2D eigenvalue weighted by Gasteiger charge is -2.41. The average Bonchev–Trinajstić information content (AvgIpc) is 3.12. The maximum absolute atomic E-state index is 10.0. The lowest BCUT2D eigenvalue weighted by molar-refractivity contribution is 0.154. The zero-order valence-corrected chi connectivity index (χ0v) is 16.8. The Balaban J connectivity index is 0.00000131. The summed E-state index contributed by atoms with van der Waals surface area (Å²) in [5, 5.41) is 10.0. The third-order valence-electron chi connectivity index (χ3n) is 5.44. The molecule has 0 fully saturated rings. The fourth-order valence-corrected chi connectivity index (χ4v) is 4.12. The van der Waals surface area contributed by atoms with Crippen molar-refractivity contribution >= 4 is 24.8 Å². The molecular weight excluding hydrogens is 387 g/mol. The number of hydrogen-bond donors (Lipinski definition) is 2. The fourth-order valence-electron chi connectivity index (χ4n) is 4.12. The van der Waals surface area contributed by atoms with Crippen LogP contribution in [0.25, 0.3) is 0 Å². The summed E-state index contributed by atoms with van der Waals surface area (Å²) in [6.07, 6.45) is 0.913. The lowest BCUT2D eigenvalue weighted by atomic mass is 9.81. The van der Waals surface area contributed by atoms with Crippen LogP contribution in [0, 0.1) is 0 Å². The molecule has 27 heavy (non-hydrogen) atoms. The van der Waals surface area contributed by atoms with Gasteiger partial charge in [-0.05, 0) is 30.7 Å². The molecule has 2 aliphatic rings. The molecule has 148 valence electrons. The zero-order chi connectivity index (χ0) is 17.4. The summed E-state index contributed by atoms with van der Waals surface area (Å²) in [4.78, 5) is 2.28. The Kier molecular flexibility index (Phi) is 7.37. The number of nitrogens with two attached hydrogens (primary N) is 1. The monoisotopic (exact) mass is 412 g/mol. The second kappa shape index (κ2) is 9.13. The van der Waals surface area contributed by atoms with Gasteiger partial charge >= 0.3 is 0 Å². The molecule has 0 radical (unpaired) electrons. The quantitative estimate of drug-likeness (QED) is 0.807. The topological polar surface area (TPSA) is 68.0 Å². The third kappa shape index (κ3) is 3.89. The summed E-state index contributed by atoms with van der Waals surface area (Å²) in [5.41, 5.74) is 10.2. The Morgan fingerprint density at radius 2 is 1.89 bits per heavy atom. The van der Waals surface area contributed by atoms with Gasteiger partial charge in [-0.1, -0.05) is 36.4 Å². The minimum Gasteiger partial charge on any atom is -0.454 e. The lowest BCUT2D eigenvalue weighted by Crippen LogP contribution is -2.46. The molecule has 2 unspecified atom stereocenters. The van der Waals surface area contributed by atoms with Crippen molar-refractivity contribution in [2.45, 2.75) is 24.4 Å². The van der Waals surface area contributed by atoms with Crippen LogP contribution < -0.4 is 15.2 Å². The van der Waals surface area contributed by atoms with Gasteiger partial charge in [0.15, 0.2) is 11.5 Å². The Hall–Kier alpha value is -1.50. The highest BCUT2D eigenvalue weighted by Crippen LogP contribution is 2.44. The molecule has 0 spiro atoms. The van der Waals surface area contributed by atoms with Crippen LogP contribution in [-0.2, 0) is 6.42 Å². The van der Waals surface area contributed by atoms with Gasteiger partial charge in [0, 0.05) is 24.1 Å². The second-order valence-corrected chi connectivity index (χ2v) is 6.82. The number of rotatable bonds is 4. The second-order valence-electron chi connectivity index (χ2n) is 6.82. The van der Waals surface area contributed by atoms with E-state index in [-0.39, 0.29) is 56.2 Å². The maximum Gasteiger partial charge on any atom is 0.231 e. The average molecular weight is 413 g/mol. The molecule has 0 aliphatic carbocycles. The van der Waals surface area contributed by atoms with E-state index in [0.717, 1.165) is 30.0 Å². The van der Waals surface area contributed by atoms with Crippen molar-refractivity contribution < 1.29 is 14.6 Å². The van der Waals surface area contributed by atoms with E-state index in [2.05, 4.69) is 18.0 Å². The smallest absolute Gasteiger partial charge is 0.231 e. The Morgan fingerprint density at radius 3 is 2.59 bits per heavy atom. The van der Waals surface area contributed by atoms with Gasteiger partial charge in [-0.15, -0.1) is 24.8 Å². The molecule has 0 saturated heterocycles. The summed E-state index contributed by atoms with van der Waals surface area (Å²) < 4.78 is 11.2. The molecule has 2 aliphatic heterocycles. The number of aliphatic hydroxyl groups excluding tert-OH is 1. The van der Waals surface area contributed by atoms with Crippen molar-refractivity contribution in [3.05, 3.63) is 59.2 Å². The van der Waals surface area contributed by atoms with Crippen molar-refractivity contribution in [1.82, 2.24) is 4.90 Å². The standard InChI is InChI=1S/C20H24N2O3.2ClH/c1-22-10-9-15-14(7-8-17-20(15)25-12-24-17)19(22)18(21)16(11-23)13-5-3-2-4-6-13;;/h2-8,16,18-19,23H,9-12,21H2,1H3;2*1H/t16?,18-,19?;;/m0../s1. The minimum atomic E-state index is -0.225. The molecule has 0 amide bonds. The van der Waals surface area contributed by atoms with E-state index in [9.17, 15) is 5.11 Å². The summed E-state index contributed by atoms with van der Waals surface area (Å²) >= 11 is 0. The van der Waals surface area contributed by atoms with E-state index in [1.54, 1.807) is 0 Å². The molecule has 0 aromatic heterocycles. The van der Waals surface area contributed by atoms with Gasteiger partial charge in [-0.25, -0.2) is 0 Å². The van der Waals surface area contributed by atoms with Gasteiger partial charge in [0.2, 0.25) is 6.79 Å². The van der Waals surface area contributed by atoms with Crippen molar-refractivity contribution in [3.8, 4) is 11.5 Å². The first-order chi connectivity index (χ1) is 12.2. The first kappa shape index (κ1) is 21.8. The van der Waals surface area contributed by atoms with Gasteiger partial charge in [0.25, 0.3) is 0 Å². The van der Waals surface area contributed by atoms with Crippen LogP contribution in [0.2, 0.25) is 0 Å². The highest BCUT2D eigenvalue weighted by atomic mass is 35.5.